The van der Waals surface area contributed by atoms with Crippen LogP contribution in [0.2, 0.25) is 5.02 Å². The molecule has 0 atom stereocenters. The Morgan fingerprint density at radius 2 is 1.66 bits per heavy atom. The van der Waals surface area contributed by atoms with Gasteiger partial charge in [-0.05, 0) is 53.1 Å². The zero-order chi connectivity index (χ0) is 22.3. The highest BCUT2D eigenvalue weighted by Crippen LogP contribution is 2.25. The number of hydrogen-bond acceptors (Lipinski definition) is 4. The van der Waals surface area contributed by atoms with E-state index in [1.54, 1.807) is 7.11 Å². The fraction of sp³-hybridized carbons (Fsp3) is 0.269. The van der Waals surface area contributed by atoms with Crippen molar-refractivity contribution in [1.29, 1.82) is 0 Å². The summed E-state index contributed by atoms with van der Waals surface area (Å²) < 4.78 is 16.9. The average Bonchev–Trinajstić information content (AvgIpc) is 3.03. The second-order valence-electron chi connectivity index (χ2n) is 7.75. The number of amides is 1. The fourth-order valence-corrected chi connectivity index (χ4v) is 3.77. The van der Waals surface area contributed by atoms with Crippen molar-refractivity contribution >= 4 is 17.5 Å². The summed E-state index contributed by atoms with van der Waals surface area (Å²) in [6.07, 6.45) is 0.350. The molecule has 6 heteroatoms. The largest absolute Gasteiger partial charge is 0.497 e. The Labute approximate surface area is 193 Å². The van der Waals surface area contributed by atoms with Crippen molar-refractivity contribution in [2.75, 3.05) is 20.3 Å². The molecule has 166 valence electrons. The van der Waals surface area contributed by atoms with Gasteiger partial charge in [-0.25, -0.2) is 0 Å². The number of fused-ring (bicyclic) bond motifs is 1. The van der Waals surface area contributed by atoms with Crippen LogP contribution >= 0.6 is 11.6 Å². The van der Waals surface area contributed by atoms with E-state index in [4.69, 9.17) is 25.8 Å². The van der Waals surface area contributed by atoms with Crippen molar-refractivity contribution in [3.05, 3.63) is 94.0 Å². The third-order valence-electron chi connectivity index (χ3n) is 5.42. The van der Waals surface area contributed by atoms with Gasteiger partial charge >= 0.3 is 0 Å². The van der Waals surface area contributed by atoms with Crippen LogP contribution in [0.25, 0.3) is 0 Å². The predicted molar refractivity (Wildman–Crippen MR) is 124 cm³/mol. The summed E-state index contributed by atoms with van der Waals surface area (Å²) in [5, 5.41) is 0.714. The zero-order valence-corrected chi connectivity index (χ0v) is 18.8. The Hall–Kier alpha value is -3.02. The van der Waals surface area contributed by atoms with Gasteiger partial charge in [0.15, 0.2) is 0 Å². The molecule has 1 amide bonds. The molecule has 1 aliphatic rings. The van der Waals surface area contributed by atoms with Gasteiger partial charge in [0.1, 0.15) is 18.1 Å². The van der Waals surface area contributed by atoms with Gasteiger partial charge in [0.2, 0.25) is 5.91 Å². The van der Waals surface area contributed by atoms with Gasteiger partial charge in [-0.2, -0.15) is 0 Å². The minimum absolute atomic E-state index is 0.0796. The molecule has 0 aromatic heterocycles. The quantitative estimate of drug-likeness (QED) is 0.505. The number of ether oxygens (including phenoxy) is 3. The number of halogens is 1. The van der Waals surface area contributed by atoms with E-state index in [0.717, 1.165) is 33.8 Å². The lowest BCUT2D eigenvalue weighted by Crippen LogP contribution is -2.33. The second-order valence-corrected chi connectivity index (χ2v) is 8.19. The Balaban J connectivity index is 1.37. The van der Waals surface area contributed by atoms with Crippen molar-refractivity contribution in [2.45, 2.75) is 26.2 Å². The molecule has 4 rings (SSSR count). The van der Waals surface area contributed by atoms with Gasteiger partial charge in [-0.15, -0.1) is 0 Å². The number of carbonyl (C=O) groups excluding carboxylic acids is 1. The van der Waals surface area contributed by atoms with Crippen LogP contribution in [-0.2, 0) is 35.7 Å². The monoisotopic (exact) mass is 451 g/mol. The van der Waals surface area contributed by atoms with Gasteiger partial charge in [0.05, 0.1) is 33.3 Å². The molecular weight excluding hydrogens is 426 g/mol. The fourth-order valence-electron chi connectivity index (χ4n) is 3.65. The summed E-state index contributed by atoms with van der Waals surface area (Å²) in [7, 11) is 1.63. The lowest BCUT2D eigenvalue weighted by Gasteiger charge is -2.20. The second kappa shape index (κ2) is 10.5. The van der Waals surface area contributed by atoms with Gasteiger partial charge in [0.25, 0.3) is 0 Å². The number of hydrogen-bond donors (Lipinski definition) is 0. The minimum atomic E-state index is 0.0796. The first-order valence-electron chi connectivity index (χ1n) is 10.6. The molecule has 5 nitrogen and oxygen atoms in total. The van der Waals surface area contributed by atoms with Gasteiger partial charge in [-0.1, -0.05) is 41.9 Å². The Bertz CT molecular complexity index is 1050. The summed E-state index contributed by atoms with van der Waals surface area (Å²) in [6, 6.07) is 21.3. The van der Waals surface area contributed by atoms with Crippen molar-refractivity contribution in [3.8, 4) is 11.5 Å². The summed E-state index contributed by atoms with van der Waals surface area (Å²) in [5.41, 5.74) is 4.08. The predicted octanol–water partition coefficient (Wildman–Crippen LogP) is 5.03. The summed E-state index contributed by atoms with van der Waals surface area (Å²) in [4.78, 5) is 14.8. The van der Waals surface area contributed by atoms with Gasteiger partial charge < -0.3 is 19.1 Å². The summed E-state index contributed by atoms with van der Waals surface area (Å²) >= 11 is 5.93. The molecule has 0 radical (unpaired) electrons. The first-order valence-corrected chi connectivity index (χ1v) is 11.0. The molecular formula is C26H26ClNO4. The van der Waals surface area contributed by atoms with E-state index in [1.165, 1.54) is 0 Å². The number of methoxy groups -OCH3 is 1. The van der Waals surface area contributed by atoms with Crippen LogP contribution in [0, 0.1) is 0 Å². The van der Waals surface area contributed by atoms with Crippen LogP contribution in [0.4, 0.5) is 0 Å². The maximum Gasteiger partial charge on any atom is 0.227 e. The number of rotatable bonds is 7. The van der Waals surface area contributed by atoms with E-state index in [-0.39, 0.29) is 5.91 Å². The summed E-state index contributed by atoms with van der Waals surface area (Å²) in [6.45, 7) is 2.56. The van der Waals surface area contributed by atoms with Crippen molar-refractivity contribution in [1.82, 2.24) is 4.90 Å². The Morgan fingerprint density at radius 3 is 2.41 bits per heavy atom. The van der Waals surface area contributed by atoms with Crippen LogP contribution in [0.5, 0.6) is 11.5 Å². The van der Waals surface area contributed by atoms with Crippen LogP contribution in [0.1, 0.15) is 22.3 Å². The molecule has 0 saturated carbocycles. The zero-order valence-electron chi connectivity index (χ0n) is 18.1. The SMILES string of the molecule is COc1ccc(CC(=O)N2CCOc3ccc(COCc4ccc(Cl)cc4)cc3C2)cc1. The highest BCUT2D eigenvalue weighted by atomic mass is 35.5. The smallest absolute Gasteiger partial charge is 0.227 e. The average molecular weight is 452 g/mol. The molecule has 1 aliphatic heterocycles. The Kier molecular flexibility index (Phi) is 7.30. The van der Waals surface area contributed by atoms with E-state index in [0.29, 0.717) is 44.4 Å². The molecule has 3 aromatic carbocycles. The standard InChI is InChI=1S/C26H26ClNO4/c1-30-24-9-4-19(5-10-24)15-26(29)28-12-13-32-25-11-6-21(14-22(25)16-28)18-31-17-20-2-7-23(27)8-3-20/h2-11,14H,12-13,15-18H2,1H3. The summed E-state index contributed by atoms with van der Waals surface area (Å²) in [5.74, 6) is 1.69. The molecule has 0 unspecified atom stereocenters. The van der Waals surface area contributed by atoms with Crippen molar-refractivity contribution < 1.29 is 19.0 Å². The molecule has 0 aliphatic carbocycles. The number of benzene rings is 3. The van der Waals surface area contributed by atoms with Crippen LogP contribution in [0.3, 0.4) is 0 Å². The molecule has 0 fully saturated rings. The molecule has 0 N–H and O–H groups in total. The third kappa shape index (κ3) is 5.81. The molecule has 32 heavy (non-hydrogen) atoms. The van der Waals surface area contributed by atoms with Gasteiger partial charge in [0, 0.05) is 17.1 Å². The number of nitrogens with zero attached hydrogens (tertiary/aromatic N) is 1. The van der Waals surface area contributed by atoms with E-state index in [9.17, 15) is 4.79 Å². The first-order chi connectivity index (χ1) is 15.6. The molecule has 0 spiro atoms. The van der Waals surface area contributed by atoms with Crippen LogP contribution in [0.15, 0.2) is 66.7 Å². The van der Waals surface area contributed by atoms with Crippen LogP contribution in [-0.4, -0.2) is 31.1 Å². The van der Waals surface area contributed by atoms with E-state index >= 15 is 0 Å². The lowest BCUT2D eigenvalue weighted by atomic mass is 10.1. The first kappa shape index (κ1) is 22.2. The minimum Gasteiger partial charge on any atom is -0.497 e. The highest BCUT2D eigenvalue weighted by molar-refractivity contribution is 6.30. The van der Waals surface area contributed by atoms with E-state index < -0.39 is 0 Å². The molecule has 0 saturated heterocycles. The highest BCUT2D eigenvalue weighted by Gasteiger charge is 2.20. The maximum absolute atomic E-state index is 12.9. The molecule has 1 heterocycles. The Morgan fingerprint density at radius 1 is 0.969 bits per heavy atom. The number of carbonyl (C=O) groups is 1. The van der Waals surface area contributed by atoms with Gasteiger partial charge in [-0.3, -0.25) is 4.79 Å². The molecule has 0 bridgehead atoms. The van der Waals surface area contributed by atoms with Crippen molar-refractivity contribution in [3.63, 3.8) is 0 Å². The third-order valence-corrected chi connectivity index (χ3v) is 5.67. The maximum atomic E-state index is 12.9. The topological polar surface area (TPSA) is 48.0 Å². The van der Waals surface area contributed by atoms with Crippen LogP contribution < -0.4 is 9.47 Å². The molecule has 3 aromatic rings. The van der Waals surface area contributed by atoms with Crippen molar-refractivity contribution in [2.24, 2.45) is 0 Å². The normalized spacial score (nSPS) is 13.1. The van der Waals surface area contributed by atoms with E-state index in [2.05, 4.69) is 6.07 Å². The lowest BCUT2D eigenvalue weighted by molar-refractivity contribution is -0.131. The van der Waals surface area contributed by atoms with E-state index in [1.807, 2.05) is 65.6 Å².